The van der Waals surface area contributed by atoms with Gasteiger partial charge >= 0.3 is 0 Å². The average molecular weight is 344 g/mol. The van der Waals surface area contributed by atoms with Crippen LogP contribution >= 0.6 is 7.14 Å². The van der Waals surface area contributed by atoms with Crippen molar-refractivity contribution in [3.05, 3.63) is 115 Å². The SMILES string of the molecule is C=CC(/C=C/c1ccccc1)P(=O)(c1ccccc1)c1ccccc1. The Bertz CT molecular complexity index is 840. The number of hydrogen-bond donors (Lipinski definition) is 0. The molecule has 1 atom stereocenters. The monoisotopic (exact) mass is 344 g/mol. The zero-order chi connectivity index (χ0) is 17.5. The van der Waals surface area contributed by atoms with Crippen molar-refractivity contribution in [2.24, 2.45) is 0 Å². The second-order valence-electron chi connectivity index (χ2n) is 5.83. The van der Waals surface area contributed by atoms with E-state index in [1.165, 1.54) is 0 Å². The zero-order valence-corrected chi connectivity index (χ0v) is 14.9. The van der Waals surface area contributed by atoms with Crippen molar-refractivity contribution in [1.82, 2.24) is 0 Å². The predicted octanol–water partition coefficient (Wildman–Crippen LogP) is 5.27. The van der Waals surface area contributed by atoms with Gasteiger partial charge in [0.2, 0.25) is 0 Å². The molecule has 0 spiro atoms. The number of hydrogen-bond acceptors (Lipinski definition) is 1. The fourth-order valence-corrected chi connectivity index (χ4v) is 5.76. The van der Waals surface area contributed by atoms with Gasteiger partial charge in [0, 0.05) is 10.6 Å². The van der Waals surface area contributed by atoms with Gasteiger partial charge in [0.1, 0.15) is 0 Å². The third-order valence-corrected chi connectivity index (χ3v) is 7.58. The second-order valence-corrected chi connectivity index (χ2v) is 8.77. The Morgan fingerprint density at radius 2 is 1.16 bits per heavy atom. The summed E-state index contributed by atoms with van der Waals surface area (Å²) in [6, 6.07) is 29.5. The largest absolute Gasteiger partial charge is 0.313 e. The third kappa shape index (κ3) is 3.73. The van der Waals surface area contributed by atoms with Gasteiger partial charge < -0.3 is 4.57 Å². The number of allylic oxidation sites excluding steroid dienone is 2. The van der Waals surface area contributed by atoms with E-state index < -0.39 is 7.14 Å². The average Bonchev–Trinajstić information content (AvgIpc) is 2.70. The Labute approximate surface area is 149 Å². The Balaban J connectivity index is 2.09. The summed E-state index contributed by atoms with van der Waals surface area (Å²) in [7, 11) is -2.88. The van der Waals surface area contributed by atoms with Crippen LogP contribution in [0.15, 0.2) is 110 Å². The van der Waals surface area contributed by atoms with Crippen molar-refractivity contribution < 1.29 is 4.57 Å². The van der Waals surface area contributed by atoms with E-state index in [4.69, 9.17) is 0 Å². The molecule has 0 aromatic heterocycles. The van der Waals surface area contributed by atoms with E-state index in [1.807, 2.05) is 103 Å². The van der Waals surface area contributed by atoms with Gasteiger partial charge in [0.15, 0.2) is 7.14 Å². The van der Waals surface area contributed by atoms with Gasteiger partial charge in [0.25, 0.3) is 0 Å². The highest BCUT2D eigenvalue weighted by Crippen LogP contribution is 2.49. The van der Waals surface area contributed by atoms with Crippen molar-refractivity contribution in [3.63, 3.8) is 0 Å². The van der Waals surface area contributed by atoms with Crippen molar-refractivity contribution in [2.75, 3.05) is 0 Å². The lowest BCUT2D eigenvalue weighted by molar-refractivity contribution is 0.586. The normalized spacial score (nSPS) is 12.8. The summed E-state index contributed by atoms with van der Waals surface area (Å²) in [6.45, 7) is 3.97. The van der Waals surface area contributed by atoms with Crippen LogP contribution in [-0.2, 0) is 4.57 Å². The summed E-state index contributed by atoms with van der Waals surface area (Å²) in [4.78, 5) is 0. The second kappa shape index (κ2) is 7.96. The van der Waals surface area contributed by atoms with E-state index >= 15 is 0 Å². The molecule has 0 radical (unpaired) electrons. The van der Waals surface area contributed by atoms with Crippen molar-refractivity contribution in [1.29, 1.82) is 0 Å². The van der Waals surface area contributed by atoms with Crippen molar-refractivity contribution >= 4 is 23.8 Å². The zero-order valence-electron chi connectivity index (χ0n) is 14.0. The topological polar surface area (TPSA) is 17.1 Å². The number of rotatable bonds is 6. The molecule has 1 unspecified atom stereocenters. The van der Waals surface area contributed by atoms with Crippen molar-refractivity contribution in [3.8, 4) is 0 Å². The molecule has 3 aromatic carbocycles. The summed E-state index contributed by atoms with van der Waals surface area (Å²) in [5.74, 6) is 0. The smallest absolute Gasteiger partial charge is 0.153 e. The van der Waals surface area contributed by atoms with Crippen LogP contribution in [0.1, 0.15) is 5.56 Å². The maximum absolute atomic E-state index is 14.2. The first kappa shape index (κ1) is 17.2. The molecule has 0 fully saturated rings. The fourth-order valence-electron chi connectivity index (χ4n) is 2.91. The van der Waals surface area contributed by atoms with Crippen LogP contribution in [0.4, 0.5) is 0 Å². The molecule has 0 aliphatic heterocycles. The van der Waals surface area contributed by atoms with Gasteiger partial charge in [-0.25, -0.2) is 0 Å². The van der Waals surface area contributed by atoms with Crippen molar-refractivity contribution in [2.45, 2.75) is 5.66 Å². The van der Waals surface area contributed by atoms with E-state index in [9.17, 15) is 4.57 Å². The van der Waals surface area contributed by atoms with Gasteiger partial charge in [-0.2, -0.15) is 0 Å². The molecule has 3 rings (SSSR count). The quantitative estimate of drug-likeness (QED) is 0.440. The summed E-state index contributed by atoms with van der Waals surface area (Å²) < 4.78 is 14.2. The molecular weight excluding hydrogens is 323 g/mol. The van der Waals surface area contributed by atoms with E-state index in [0.717, 1.165) is 16.2 Å². The van der Waals surface area contributed by atoms with E-state index in [1.54, 1.807) is 6.08 Å². The van der Waals surface area contributed by atoms with E-state index in [0.29, 0.717) is 0 Å². The maximum atomic E-state index is 14.2. The molecule has 0 bridgehead atoms. The molecule has 0 amide bonds. The predicted molar refractivity (Wildman–Crippen MR) is 109 cm³/mol. The van der Waals surface area contributed by atoms with E-state index in [2.05, 4.69) is 6.58 Å². The summed E-state index contributed by atoms with van der Waals surface area (Å²) >= 11 is 0. The number of benzene rings is 3. The van der Waals surface area contributed by atoms with Gasteiger partial charge in [-0.15, -0.1) is 6.58 Å². The molecule has 0 aliphatic carbocycles. The first-order valence-corrected chi connectivity index (χ1v) is 10.1. The Kier molecular flexibility index (Phi) is 5.48. The molecule has 0 aliphatic rings. The first-order chi connectivity index (χ1) is 12.2. The van der Waals surface area contributed by atoms with Crippen LogP contribution in [0, 0.1) is 0 Å². The van der Waals surface area contributed by atoms with Crippen LogP contribution in [0.25, 0.3) is 6.08 Å². The van der Waals surface area contributed by atoms with Gasteiger partial charge in [0.05, 0.1) is 5.66 Å². The lowest BCUT2D eigenvalue weighted by Gasteiger charge is -2.24. The molecule has 1 nitrogen and oxygen atoms in total. The van der Waals surface area contributed by atoms with Crippen LogP contribution in [0.5, 0.6) is 0 Å². The third-order valence-electron chi connectivity index (χ3n) is 4.23. The molecule has 0 heterocycles. The van der Waals surface area contributed by atoms with Crippen LogP contribution < -0.4 is 10.6 Å². The fraction of sp³-hybridized carbons (Fsp3) is 0.0435. The highest BCUT2D eigenvalue weighted by atomic mass is 31.2. The molecule has 3 aromatic rings. The Hall–Kier alpha value is -2.63. The molecular formula is C23H21OP. The van der Waals surface area contributed by atoms with Gasteiger partial charge in [-0.05, 0) is 5.56 Å². The minimum absolute atomic E-state index is 0.266. The van der Waals surface area contributed by atoms with Gasteiger partial charge in [-0.3, -0.25) is 0 Å². The molecule has 0 saturated carbocycles. The summed E-state index contributed by atoms with van der Waals surface area (Å²) in [5, 5.41) is 1.70. The molecule has 124 valence electrons. The Morgan fingerprint density at radius 1 is 0.720 bits per heavy atom. The molecule has 2 heteroatoms. The summed E-state index contributed by atoms with van der Waals surface area (Å²) in [6.07, 6.45) is 5.81. The lowest BCUT2D eigenvalue weighted by atomic mass is 10.2. The lowest BCUT2D eigenvalue weighted by Crippen LogP contribution is -2.23. The molecule has 0 N–H and O–H groups in total. The highest BCUT2D eigenvalue weighted by Gasteiger charge is 2.33. The van der Waals surface area contributed by atoms with E-state index in [-0.39, 0.29) is 5.66 Å². The van der Waals surface area contributed by atoms with Gasteiger partial charge in [-0.1, -0.05) is 109 Å². The minimum atomic E-state index is -2.88. The van der Waals surface area contributed by atoms with Crippen LogP contribution in [0.2, 0.25) is 0 Å². The molecule has 0 saturated heterocycles. The maximum Gasteiger partial charge on any atom is 0.153 e. The first-order valence-electron chi connectivity index (χ1n) is 8.32. The van der Waals surface area contributed by atoms with Crippen LogP contribution in [-0.4, -0.2) is 5.66 Å². The standard InChI is InChI=1S/C23H21OP/c1-2-21(19-18-20-12-6-3-7-13-20)25(24,22-14-8-4-9-15-22)23-16-10-5-11-17-23/h2-19,21H,1H2/b19-18+. The molecule has 25 heavy (non-hydrogen) atoms. The highest BCUT2D eigenvalue weighted by molar-refractivity contribution is 7.79. The minimum Gasteiger partial charge on any atom is -0.313 e. The van der Waals surface area contributed by atoms with Crippen LogP contribution in [0.3, 0.4) is 0 Å². The summed E-state index contributed by atoms with van der Waals surface area (Å²) in [5.41, 5.74) is 0.819. The Morgan fingerprint density at radius 3 is 1.60 bits per heavy atom.